The van der Waals surface area contributed by atoms with E-state index in [0.717, 1.165) is 32.3 Å². The predicted molar refractivity (Wildman–Crippen MR) is 73.2 cm³/mol. The molecule has 0 aromatic carbocycles. The summed E-state index contributed by atoms with van der Waals surface area (Å²) < 4.78 is 5.90. The van der Waals surface area contributed by atoms with Crippen LogP contribution in [0.15, 0.2) is 0 Å². The number of rotatable bonds is 5. The Morgan fingerprint density at radius 3 is 2.56 bits per heavy atom. The molecule has 106 valence electrons. The number of hydrogen-bond donors (Lipinski definition) is 2. The molecule has 1 fully saturated rings. The minimum atomic E-state index is -0.412. The van der Waals surface area contributed by atoms with Crippen molar-refractivity contribution in [3.8, 4) is 0 Å². The molecule has 0 aromatic heterocycles. The van der Waals surface area contributed by atoms with E-state index in [1.54, 1.807) is 0 Å². The summed E-state index contributed by atoms with van der Waals surface area (Å²) in [5.74, 6) is 0.143. The minimum absolute atomic E-state index is 0.0296. The van der Waals surface area contributed by atoms with Gasteiger partial charge in [-0.25, -0.2) is 0 Å². The fraction of sp³-hybridized carbons (Fsp3) is 0.929. The van der Waals surface area contributed by atoms with Crippen molar-refractivity contribution < 1.29 is 9.53 Å². The Morgan fingerprint density at radius 1 is 1.44 bits per heavy atom. The van der Waals surface area contributed by atoms with E-state index >= 15 is 0 Å². The van der Waals surface area contributed by atoms with Crippen LogP contribution in [0.1, 0.15) is 53.4 Å². The van der Waals surface area contributed by atoms with Crippen LogP contribution in [0.2, 0.25) is 0 Å². The Bertz CT molecular complexity index is 275. The van der Waals surface area contributed by atoms with Gasteiger partial charge in [0.2, 0.25) is 5.91 Å². The number of hydrogen-bond acceptors (Lipinski definition) is 3. The van der Waals surface area contributed by atoms with Gasteiger partial charge in [0.05, 0.1) is 11.6 Å². The Hall–Kier alpha value is -0.610. The van der Waals surface area contributed by atoms with Crippen LogP contribution in [-0.2, 0) is 9.53 Å². The van der Waals surface area contributed by atoms with Gasteiger partial charge in [-0.3, -0.25) is 4.79 Å². The van der Waals surface area contributed by atoms with Crippen molar-refractivity contribution in [3.05, 3.63) is 0 Å². The Morgan fingerprint density at radius 2 is 2.06 bits per heavy atom. The molecule has 1 rings (SSSR count). The van der Waals surface area contributed by atoms with Gasteiger partial charge in [-0.15, -0.1) is 0 Å². The first-order chi connectivity index (χ1) is 8.44. The van der Waals surface area contributed by atoms with Crippen molar-refractivity contribution >= 4 is 5.91 Å². The van der Waals surface area contributed by atoms with Crippen LogP contribution in [0.3, 0.4) is 0 Å². The molecular formula is C14H28N2O2. The number of carbonyl (C=O) groups is 1. The maximum atomic E-state index is 12.0. The second-order valence-electron chi connectivity index (χ2n) is 5.71. The topological polar surface area (TPSA) is 64.4 Å². The van der Waals surface area contributed by atoms with Gasteiger partial charge >= 0.3 is 0 Å². The molecule has 2 atom stereocenters. The van der Waals surface area contributed by atoms with E-state index in [0.29, 0.717) is 0 Å². The Balaban J connectivity index is 2.55. The Kier molecular flexibility index (Phi) is 5.60. The van der Waals surface area contributed by atoms with Crippen molar-refractivity contribution in [2.75, 3.05) is 6.61 Å². The number of nitrogens with two attached hydrogens (primary N) is 1. The molecule has 1 saturated heterocycles. The summed E-state index contributed by atoms with van der Waals surface area (Å²) in [6.45, 7) is 8.96. The number of carbonyl (C=O) groups excluding carboxylic acids is 1. The first kappa shape index (κ1) is 15.4. The van der Waals surface area contributed by atoms with Crippen molar-refractivity contribution in [1.29, 1.82) is 0 Å². The highest BCUT2D eigenvalue weighted by molar-refractivity contribution is 5.82. The van der Waals surface area contributed by atoms with Crippen LogP contribution in [0.4, 0.5) is 0 Å². The smallest absolute Gasteiger partial charge is 0.237 e. The highest BCUT2D eigenvalue weighted by Crippen LogP contribution is 2.31. The summed E-state index contributed by atoms with van der Waals surface area (Å²) in [4.78, 5) is 12.0. The lowest BCUT2D eigenvalue weighted by Crippen LogP contribution is -2.52. The molecule has 0 radical (unpaired) electrons. The van der Waals surface area contributed by atoms with Crippen LogP contribution in [0.5, 0.6) is 0 Å². The molecule has 0 bridgehead atoms. The highest BCUT2D eigenvalue weighted by Gasteiger charge is 2.35. The predicted octanol–water partition coefficient (Wildman–Crippen LogP) is 1.82. The second-order valence-corrected chi connectivity index (χ2v) is 5.71. The van der Waals surface area contributed by atoms with Crippen LogP contribution in [-0.4, -0.2) is 30.2 Å². The van der Waals surface area contributed by atoms with Gasteiger partial charge < -0.3 is 15.8 Å². The first-order valence-electron chi connectivity index (χ1n) is 7.14. The summed E-state index contributed by atoms with van der Waals surface area (Å²) >= 11 is 0. The zero-order valence-corrected chi connectivity index (χ0v) is 12.2. The molecule has 4 heteroatoms. The summed E-state index contributed by atoms with van der Waals surface area (Å²) in [5.41, 5.74) is 5.81. The standard InChI is InChI=1S/C14H28N2O2/c1-5-14(6-2)9-11(7-8-18-14)16-13(17)12(15)10(3)4/h10-12H,5-9,15H2,1-4H3,(H,16,17). The summed E-state index contributed by atoms with van der Waals surface area (Å²) in [6.07, 6.45) is 3.77. The molecule has 2 unspecified atom stereocenters. The van der Waals surface area contributed by atoms with E-state index in [-0.39, 0.29) is 23.5 Å². The molecule has 1 amide bonds. The largest absolute Gasteiger partial charge is 0.375 e. The van der Waals surface area contributed by atoms with Crippen LogP contribution >= 0.6 is 0 Å². The monoisotopic (exact) mass is 256 g/mol. The molecular weight excluding hydrogens is 228 g/mol. The third-order valence-electron chi connectivity index (χ3n) is 4.15. The van der Waals surface area contributed by atoms with Gasteiger partial charge in [0, 0.05) is 12.6 Å². The quantitative estimate of drug-likeness (QED) is 0.788. The first-order valence-corrected chi connectivity index (χ1v) is 7.14. The van der Waals surface area contributed by atoms with Gasteiger partial charge in [0.25, 0.3) is 0 Å². The molecule has 4 nitrogen and oxygen atoms in total. The summed E-state index contributed by atoms with van der Waals surface area (Å²) in [7, 11) is 0. The molecule has 0 aromatic rings. The van der Waals surface area contributed by atoms with Crippen molar-refractivity contribution in [1.82, 2.24) is 5.32 Å². The molecule has 1 aliphatic heterocycles. The van der Waals surface area contributed by atoms with Gasteiger partial charge in [-0.2, -0.15) is 0 Å². The lowest BCUT2D eigenvalue weighted by molar-refractivity contribution is -0.128. The van der Waals surface area contributed by atoms with E-state index in [9.17, 15) is 4.79 Å². The third-order valence-corrected chi connectivity index (χ3v) is 4.15. The van der Waals surface area contributed by atoms with Gasteiger partial charge in [0.1, 0.15) is 0 Å². The second kappa shape index (κ2) is 6.53. The highest BCUT2D eigenvalue weighted by atomic mass is 16.5. The SMILES string of the molecule is CCC1(CC)CC(NC(=O)C(N)C(C)C)CCO1. The zero-order valence-electron chi connectivity index (χ0n) is 12.2. The van der Waals surface area contributed by atoms with Crippen molar-refractivity contribution in [3.63, 3.8) is 0 Å². The maximum absolute atomic E-state index is 12.0. The van der Waals surface area contributed by atoms with E-state index in [1.807, 2.05) is 13.8 Å². The lowest BCUT2D eigenvalue weighted by Gasteiger charge is -2.40. The molecule has 18 heavy (non-hydrogen) atoms. The average molecular weight is 256 g/mol. The van der Waals surface area contributed by atoms with Crippen LogP contribution in [0.25, 0.3) is 0 Å². The Labute approximate surface area is 111 Å². The molecule has 1 aliphatic rings. The fourth-order valence-corrected chi connectivity index (χ4v) is 2.49. The lowest BCUT2D eigenvalue weighted by atomic mass is 9.85. The van der Waals surface area contributed by atoms with Gasteiger partial charge in [-0.05, 0) is 31.6 Å². The molecule has 0 spiro atoms. The van der Waals surface area contributed by atoms with Gasteiger partial charge in [-0.1, -0.05) is 27.7 Å². The zero-order chi connectivity index (χ0) is 13.8. The van der Waals surface area contributed by atoms with Crippen molar-refractivity contribution in [2.24, 2.45) is 11.7 Å². The fourth-order valence-electron chi connectivity index (χ4n) is 2.49. The normalized spacial score (nSPS) is 24.9. The summed E-state index contributed by atoms with van der Waals surface area (Å²) in [5, 5.41) is 3.08. The number of amides is 1. The van der Waals surface area contributed by atoms with E-state index in [4.69, 9.17) is 10.5 Å². The van der Waals surface area contributed by atoms with Gasteiger partial charge in [0.15, 0.2) is 0 Å². The molecule has 0 aliphatic carbocycles. The van der Waals surface area contributed by atoms with Crippen molar-refractivity contribution in [2.45, 2.75) is 71.1 Å². The van der Waals surface area contributed by atoms with Crippen LogP contribution < -0.4 is 11.1 Å². The molecule has 1 heterocycles. The number of ether oxygens (including phenoxy) is 1. The van der Waals surface area contributed by atoms with Crippen LogP contribution in [0, 0.1) is 5.92 Å². The molecule has 0 saturated carbocycles. The third kappa shape index (κ3) is 3.69. The van der Waals surface area contributed by atoms with E-state index < -0.39 is 6.04 Å². The van der Waals surface area contributed by atoms with E-state index in [1.165, 1.54) is 0 Å². The minimum Gasteiger partial charge on any atom is -0.375 e. The molecule has 3 N–H and O–H groups in total. The summed E-state index contributed by atoms with van der Waals surface area (Å²) in [6, 6.07) is -0.207. The number of nitrogens with one attached hydrogen (secondary N) is 1. The maximum Gasteiger partial charge on any atom is 0.237 e. The van der Waals surface area contributed by atoms with E-state index in [2.05, 4.69) is 19.2 Å². The average Bonchev–Trinajstić information content (AvgIpc) is 2.37.